The Bertz CT molecular complexity index is 204. The molecule has 0 aromatic heterocycles. The highest BCUT2D eigenvalue weighted by atomic mass is 16.6. The van der Waals surface area contributed by atoms with Crippen LogP contribution in [-0.2, 0) is 14.2 Å². The molecule has 0 aliphatic carbocycles. The monoisotopic (exact) mass is 306 g/mol. The first-order valence-electron chi connectivity index (χ1n) is 8.08. The molecule has 6 heteroatoms. The van der Waals surface area contributed by atoms with Crippen LogP contribution >= 0.6 is 0 Å². The van der Waals surface area contributed by atoms with Gasteiger partial charge in [0, 0.05) is 13.1 Å². The lowest BCUT2D eigenvalue weighted by atomic mass is 10.3. The number of nitrogens with one attached hydrogen (secondary N) is 2. The lowest BCUT2D eigenvalue weighted by Gasteiger charge is -2.07. The van der Waals surface area contributed by atoms with Crippen molar-refractivity contribution in [2.24, 2.45) is 0 Å². The predicted molar refractivity (Wildman–Crippen MR) is 85.8 cm³/mol. The number of amides is 1. The van der Waals surface area contributed by atoms with E-state index in [0.717, 1.165) is 13.1 Å². The van der Waals surface area contributed by atoms with Crippen LogP contribution in [0.3, 0.4) is 0 Å². The van der Waals surface area contributed by atoms with Crippen molar-refractivity contribution < 1.29 is 19.0 Å². The molecule has 21 heavy (non-hydrogen) atoms. The van der Waals surface area contributed by atoms with E-state index in [1.807, 2.05) is 20.8 Å². The van der Waals surface area contributed by atoms with Crippen LogP contribution in [0.2, 0.25) is 0 Å². The van der Waals surface area contributed by atoms with Gasteiger partial charge >= 0.3 is 6.09 Å². The minimum atomic E-state index is -0.402. The van der Waals surface area contributed by atoms with Crippen LogP contribution in [0.4, 0.5) is 4.79 Å². The molecule has 0 rings (SSSR count). The Hall–Kier alpha value is -0.850. The van der Waals surface area contributed by atoms with Gasteiger partial charge in [-0.3, -0.25) is 0 Å². The van der Waals surface area contributed by atoms with E-state index in [0.29, 0.717) is 33.0 Å². The van der Waals surface area contributed by atoms with Crippen molar-refractivity contribution in [2.75, 3.05) is 52.7 Å². The fourth-order valence-corrected chi connectivity index (χ4v) is 1.28. The molecule has 6 nitrogen and oxygen atoms in total. The summed E-state index contributed by atoms with van der Waals surface area (Å²) >= 11 is 0. The predicted octanol–water partition coefficient (Wildman–Crippen LogP) is 2.18. The molecule has 0 bridgehead atoms. The van der Waals surface area contributed by atoms with Gasteiger partial charge in [0.2, 0.25) is 0 Å². The number of hydrogen-bond acceptors (Lipinski definition) is 5. The second-order valence-corrected chi connectivity index (χ2v) is 3.99. The van der Waals surface area contributed by atoms with Crippen LogP contribution in [0.1, 0.15) is 40.5 Å². The number of ether oxygens (including phenoxy) is 3. The lowest BCUT2D eigenvalue weighted by molar-refractivity contribution is 0.0290. The maximum absolute atomic E-state index is 10.9. The first kappa shape index (κ1) is 22.4. The first-order valence-corrected chi connectivity index (χ1v) is 8.08. The van der Waals surface area contributed by atoms with Gasteiger partial charge in [0.1, 0.15) is 6.61 Å². The summed E-state index contributed by atoms with van der Waals surface area (Å²) < 4.78 is 15.5. The molecule has 0 saturated carbocycles. The molecule has 0 fully saturated rings. The Morgan fingerprint density at radius 2 is 1.52 bits per heavy atom. The molecule has 0 spiro atoms. The number of carbonyl (C=O) groups is 1. The van der Waals surface area contributed by atoms with E-state index < -0.39 is 6.09 Å². The van der Waals surface area contributed by atoms with Gasteiger partial charge < -0.3 is 24.8 Å². The van der Waals surface area contributed by atoms with Crippen molar-refractivity contribution in [1.82, 2.24) is 10.6 Å². The normalized spacial score (nSPS) is 9.71. The van der Waals surface area contributed by atoms with Crippen LogP contribution in [0.25, 0.3) is 0 Å². The number of alkyl carbamates (subject to hydrolysis) is 1. The average Bonchev–Trinajstić information content (AvgIpc) is 2.51. The van der Waals surface area contributed by atoms with Crippen molar-refractivity contribution in [1.29, 1.82) is 0 Å². The average molecular weight is 306 g/mol. The fourth-order valence-electron chi connectivity index (χ4n) is 1.28. The molecule has 0 aromatic carbocycles. The van der Waals surface area contributed by atoms with Gasteiger partial charge in [0.15, 0.2) is 0 Å². The molecule has 0 aromatic rings. The van der Waals surface area contributed by atoms with E-state index in [9.17, 15) is 4.79 Å². The zero-order chi connectivity index (χ0) is 16.2. The summed E-state index contributed by atoms with van der Waals surface area (Å²) in [6, 6.07) is 0. The minimum absolute atomic E-state index is 0.268. The Kier molecular flexibility index (Phi) is 22.9. The summed E-state index contributed by atoms with van der Waals surface area (Å²) in [5, 5.41) is 5.83. The third-order valence-electron chi connectivity index (χ3n) is 2.28. The largest absolute Gasteiger partial charge is 0.447 e. The van der Waals surface area contributed by atoms with Crippen molar-refractivity contribution in [3.8, 4) is 0 Å². The molecule has 0 heterocycles. The van der Waals surface area contributed by atoms with Gasteiger partial charge in [0.05, 0.1) is 26.4 Å². The third-order valence-corrected chi connectivity index (χ3v) is 2.28. The van der Waals surface area contributed by atoms with Crippen LogP contribution in [0, 0.1) is 0 Å². The van der Waals surface area contributed by atoms with Gasteiger partial charge in [-0.15, -0.1) is 0 Å². The zero-order valence-corrected chi connectivity index (χ0v) is 14.2. The second-order valence-electron chi connectivity index (χ2n) is 3.99. The SMILES string of the molecule is CC.CCCCNCCOCCOCCOC(=O)NCC. The van der Waals surface area contributed by atoms with E-state index in [2.05, 4.69) is 17.6 Å². The molecule has 0 saturated heterocycles. The van der Waals surface area contributed by atoms with Crippen molar-refractivity contribution in [2.45, 2.75) is 40.5 Å². The minimum Gasteiger partial charge on any atom is -0.447 e. The van der Waals surface area contributed by atoms with Gasteiger partial charge in [-0.2, -0.15) is 0 Å². The van der Waals surface area contributed by atoms with Crippen LogP contribution in [0.5, 0.6) is 0 Å². The van der Waals surface area contributed by atoms with Gasteiger partial charge in [0.25, 0.3) is 0 Å². The van der Waals surface area contributed by atoms with Gasteiger partial charge in [-0.1, -0.05) is 27.2 Å². The van der Waals surface area contributed by atoms with E-state index in [1.165, 1.54) is 12.8 Å². The van der Waals surface area contributed by atoms with Crippen LogP contribution < -0.4 is 10.6 Å². The molecule has 1 amide bonds. The van der Waals surface area contributed by atoms with Gasteiger partial charge in [-0.25, -0.2) is 4.79 Å². The number of carbonyl (C=O) groups excluding carboxylic acids is 1. The molecule has 0 radical (unpaired) electrons. The summed E-state index contributed by atoms with van der Waals surface area (Å²) in [7, 11) is 0. The quantitative estimate of drug-likeness (QED) is 0.510. The standard InChI is InChI=1S/C13H28N2O4.C2H6/c1-3-5-6-14-7-8-17-9-10-18-11-12-19-13(16)15-4-2;1-2/h14H,3-12H2,1-2H3,(H,15,16);1-2H3. The lowest BCUT2D eigenvalue weighted by Crippen LogP contribution is -2.25. The van der Waals surface area contributed by atoms with Crippen molar-refractivity contribution >= 4 is 6.09 Å². The molecule has 0 atom stereocenters. The molecule has 0 aliphatic rings. The summed E-state index contributed by atoms with van der Waals surface area (Å²) in [6.07, 6.45) is 2.01. The number of unbranched alkanes of at least 4 members (excludes halogenated alkanes) is 1. The highest BCUT2D eigenvalue weighted by Gasteiger charge is 1.98. The molecule has 128 valence electrons. The third kappa shape index (κ3) is 21.6. The van der Waals surface area contributed by atoms with Crippen molar-refractivity contribution in [3.05, 3.63) is 0 Å². The molecular weight excluding hydrogens is 272 g/mol. The Morgan fingerprint density at radius 1 is 0.905 bits per heavy atom. The van der Waals surface area contributed by atoms with E-state index in [1.54, 1.807) is 0 Å². The second kappa shape index (κ2) is 21.4. The number of hydrogen-bond donors (Lipinski definition) is 2. The Labute approximate surface area is 129 Å². The highest BCUT2D eigenvalue weighted by Crippen LogP contribution is 1.83. The van der Waals surface area contributed by atoms with Crippen LogP contribution in [0.15, 0.2) is 0 Å². The van der Waals surface area contributed by atoms with E-state index in [-0.39, 0.29) is 6.61 Å². The maximum Gasteiger partial charge on any atom is 0.407 e. The van der Waals surface area contributed by atoms with Crippen LogP contribution in [-0.4, -0.2) is 58.8 Å². The first-order chi connectivity index (χ1) is 10.3. The fraction of sp³-hybridized carbons (Fsp3) is 0.933. The summed E-state index contributed by atoms with van der Waals surface area (Å²) in [4.78, 5) is 10.9. The molecular formula is C15H34N2O4. The van der Waals surface area contributed by atoms with Gasteiger partial charge in [-0.05, 0) is 19.9 Å². The molecule has 0 aliphatic heterocycles. The zero-order valence-electron chi connectivity index (χ0n) is 14.2. The summed E-state index contributed by atoms with van der Waals surface area (Å²) in [6.45, 7) is 13.0. The van der Waals surface area contributed by atoms with Crippen molar-refractivity contribution in [3.63, 3.8) is 0 Å². The molecule has 0 unspecified atom stereocenters. The van der Waals surface area contributed by atoms with E-state index in [4.69, 9.17) is 14.2 Å². The molecule has 2 N–H and O–H groups in total. The van der Waals surface area contributed by atoms with E-state index >= 15 is 0 Å². The Balaban J connectivity index is 0. The summed E-state index contributed by atoms with van der Waals surface area (Å²) in [5.41, 5.74) is 0. The maximum atomic E-state index is 10.9. The topological polar surface area (TPSA) is 68.8 Å². The number of rotatable bonds is 13. The Morgan fingerprint density at radius 3 is 2.14 bits per heavy atom. The summed E-state index contributed by atoms with van der Waals surface area (Å²) in [5.74, 6) is 0. The highest BCUT2D eigenvalue weighted by molar-refractivity contribution is 5.66. The smallest absolute Gasteiger partial charge is 0.407 e.